The summed E-state index contributed by atoms with van der Waals surface area (Å²) in [6, 6.07) is 15.5. The van der Waals surface area contributed by atoms with Gasteiger partial charge in [0.15, 0.2) is 0 Å². The molecule has 3 rings (SSSR count). The number of carbonyl (C=O) groups is 1. The van der Waals surface area contributed by atoms with E-state index in [1.54, 1.807) is 7.11 Å². The van der Waals surface area contributed by atoms with Crippen molar-refractivity contribution in [2.75, 3.05) is 26.8 Å². The van der Waals surface area contributed by atoms with Crippen LogP contribution in [0, 0.1) is 5.41 Å². The highest BCUT2D eigenvalue weighted by atomic mass is 31.2. The summed E-state index contributed by atoms with van der Waals surface area (Å²) in [5.74, 6) is 0.694. The van der Waals surface area contributed by atoms with Gasteiger partial charge in [-0.1, -0.05) is 59.9 Å². The van der Waals surface area contributed by atoms with Crippen LogP contribution in [0.15, 0.2) is 48.5 Å². The maximum Gasteiger partial charge on any atom is 0.277 e. The Balaban J connectivity index is 0.00000342. The lowest BCUT2D eigenvalue weighted by Gasteiger charge is -2.43. The van der Waals surface area contributed by atoms with E-state index in [9.17, 15) is 9.36 Å². The predicted octanol–water partition coefficient (Wildman–Crippen LogP) is 7.88. The minimum absolute atomic E-state index is 0. The maximum absolute atomic E-state index is 14.0. The molecule has 2 aromatic carbocycles. The van der Waals surface area contributed by atoms with Gasteiger partial charge in [-0.15, -0.1) is 0 Å². The van der Waals surface area contributed by atoms with Crippen molar-refractivity contribution in [3.05, 3.63) is 54.1 Å². The van der Waals surface area contributed by atoms with E-state index in [1.807, 2.05) is 74.0 Å². The van der Waals surface area contributed by atoms with E-state index >= 15 is 0 Å². The number of methoxy groups -OCH3 is 1. The van der Waals surface area contributed by atoms with Crippen LogP contribution in [0.4, 0.5) is 0 Å². The van der Waals surface area contributed by atoms with Crippen LogP contribution in [0.3, 0.4) is 0 Å². The van der Waals surface area contributed by atoms with Crippen molar-refractivity contribution in [3.63, 3.8) is 0 Å². The van der Waals surface area contributed by atoms with Crippen molar-refractivity contribution >= 4 is 13.4 Å². The first kappa shape index (κ1) is 32.9. The molecule has 0 aromatic heterocycles. The van der Waals surface area contributed by atoms with E-state index in [4.69, 9.17) is 9.26 Å². The molecule has 0 radical (unpaired) electrons. The number of hydrogen-bond donors (Lipinski definition) is 1. The molecule has 37 heavy (non-hydrogen) atoms. The van der Waals surface area contributed by atoms with Gasteiger partial charge in [-0.3, -0.25) is 9.36 Å². The number of amides is 1. The van der Waals surface area contributed by atoms with Crippen molar-refractivity contribution < 1.29 is 18.6 Å². The number of nitrogens with one attached hydrogen (secondary N) is 1. The van der Waals surface area contributed by atoms with Crippen LogP contribution >= 0.6 is 7.52 Å². The van der Waals surface area contributed by atoms with Crippen molar-refractivity contribution in [2.45, 2.75) is 80.4 Å². The molecule has 7 heteroatoms. The Hall–Kier alpha value is -2.14. The number of benzene rings is 2. The lowest BCUT2D eigenvalue weighted by Crippen LogP contribution is -2.45. The Labute approximate surface area is 225 Å². The highest BCUT2D eigenvalue weighted by Gasteiger charge is 2.45. The average molecular weight is 533 g/mol. The zero-order chi connectivity index (χ0) is 25.9. The van der Waals surface area contributed by atoms with Crippen LogP contribution in [0.5, 0.6) is 5.75 Å². The summed E-state index contributed by atoms with van der Waals surface area (Å²) in [4.78, 5) is 13.0. The second-order valence-corrected chi connectivity index (χ2v) is 14.7. The predicted molar refractivity (Wildman–Crippen MR) is 157 cm³/mol. The Morgan fingerprint density at radius 3 is 2.08 bits per heavy atom. The second kappa shape index (κ2) is 13.1. The van der Waals surface area contributed by atoms with Gasteiger partial charge in [0.05, 0.1) is 18.9 Å². The molecule has 1 unspecified atom stereocenters. The van der Waals surface area contributed by atoms with Crippen LogP contribution in [0.2, 0.25) is 0 Å². The highest BCUT2D eigenvalue weighted by Crippen LogP contribution is 2.62. The molecular formula is C30H49N2O4P. The highest BCUT2D eigenvalue weighted by molar-refractivity contribution is 7.58. The van der Waals surface area contributed by atoms with E-state index in [0.29, 0.717) is 25.3 Å². The fourth-order valence-corrected chi connectivity index (χ4v) is 6.88. The molecule has 1 aliphatic heterocycles. The molecule has 1 N–H and O–H groups in total. The van der Waals surface area contributed by atoms with E-state index in [0.717, 1.165) is 29.7 Å². The molecule has 0 aliphatic carbocycles. The second-order valence-electron chi connectivity index (χ2n) is 11.5. The molecule has 1 heterocycles. The third-order valence-electron chi connectivity index (χ3n) is 6.23. The summed E-state index contributed by atoms with van der Waals surface area (Å²) < 4.78 is 27.5. The SMILES string of the molecule is C.C.COc1cccc(-c2cccc(C(=O)NC3CCN(P(=O)(OCC(C)(C)C)C(C)(C)C)CC3)c2)c1. The molecule has 1 saturated heterocycles. The summed E-state index contributed by atoms with van der Waals surface area (Å²) in [5.41, 5.74) is 2.53. The van der Waals surface area contributed by atoms with Gasteiger partial charge in [0.1, 0.15) is 5.75 Å². The maximum atomic E-state index is 14.0. The number of piperidine rings is 1. The fraction of sp³-hybridized carbons (Fsp3) is 0.567. The first-order valence-electron chi connectivity index (χ1n) is 12.4. The molecule has 6 nitrogen and oxygen atoms in total. The van der Waals surface area contributed by atoms with Crippen LogP contribution in [0.25, 0.3) is 11.1 Å². The fourth-order valence-electron chi connectivity index (χ4n) is 4.17. The minimum Gasteiger partial charge on any atom is -0.497 e. The number of ether oxygens (including phenoxy) is 1. The van der Waals surface area contributed by atoms with E-state index in [-0.39, 0.29) is 32.2 Å². The lowest BCUT2D eigenvalue weighted by molar-refractivity contribution is 0.0919. The molecule has 1 aliphatic rings. The Bertz CT molecular complexity index is 1060. The van der Waals surface area contributed by atoms with Gasteiger partial charge in [0.2, 0.25) is 0 Å². The third-order valence-corrected chi connectivity index (χ3v) is 9.55. The van der Waals surface area contributed by atoms with Gasteiger partial charge in [-0.25, -0.2) is 4.67 Å². The van der Waals surface area contributed by atoms with Gasteiger partial charge in [0, 0.05) is 24.7 Å². The summed E-state index contributed by atoms with van der Waals surface area (Å²) >= 11 is 0. The minimum atomic E-state index is -3.03. The van der Waals surface area contributed by atoms with Gasteiger partial charge < -0.3 is 14.6 Å². The average Bonchev–Trinajstić information content (AvgIpc) is 2.82. The summed E-state index contributed by atoms with van der Waals surface area (Å²) in [5, 5.41) is 2.71. The van der Waals surface area contributed by atoms with Gasteiger partial charge in [0.25, 0.3) is 13.4 Å². The quantitative estimate of drug-likeness (QED) is 0.367. The molecule has 208 valence electrons. The molecular weight excluding hydrogens is 483 g/mol. The molecule has 1 atom stereocenters. The van der Waals surface area contributed by atoms with Crippen molar-refractivity contribution in [2.24, 2.45) is 5.41 Å². The van der Waals surface area contributed by atoms with Crippen molar-refractivity contribution in [1.29, 1.82) is 0 Å². The molecule has 0 spiro atoms. The van der Waals surface area contributed by atoms with Crippen molar-refractivity contribution in [3.8, 4) is 16.9 Å². The zero-order valence-corrected chi connectivity index (χ0v) is 23.2. The standard InChI is InChI=1S/C28H41N2O4P.2CH4/c1-27(2,3)20-34-35(32,28(4,5)6)30-16-14-24(15-17-30)29-26(31)23-12-8-10-21(18-23)22-11-9-13-25(19-22)33-7;;/h8-13,18-19,24H,14-17,20H2,1-7H3,(H,29,31);2*1H4. The van der Waals surface area contributed by atoms with E-state index in [1.165, 1.54) is 0 Å². The Morgan fingerprint density at radius 1 is 0.973 bits per heavy atom. The third kappa shape index (κ3) is 8.43. The Morgan fingerprint density at radius 2 is 1.54 bits per heavy atom. The number of rotatable bonds is 7. The smallest absolute Gasteiger partial charge is 0.277 e. The van der Waals surface area contributed by atoms with E-state index < -0.39 is 12.7 Å². The molecule has 2 aromatic rings. The molecule has 1 fully saturated rings. The van der Waals surface area contributed by atoms with E-state index in [2.05, 4.69) is 26.1 Å². The Kier molecular flexibility index (Phi) is 11.6. The van der Waals surface area contributed by atoms with Crippen LogP contribution in [-0.2, 0) is 9.09 Å². The molecule has 0 saturated carbocycles. The summed E-state index contributed by atoms with van der Waals surface area (Å²) in [6.45, 7) is 13.9. The molecule has 1 amide bonds. The van der Waals surface area contributed by atoms with Crippen LogP contribution in [0.1, 0.15) is 79.6 Å². The zero-order valence-electron chi connectivity index (χ0n) is 22.3. The first-order chi connectivity index (χ1) is 16.3. The lowest BCUT2D eigenvalue weighted by atomic mass is 9.99. The van der Waals surface area contributed by atoms with Crippen molar-refractivity contribution in [1.82, 2.24) is 9.99 Å². The largest absolute Gasteiger partial charge is 0.497 e. The monoisotopic (exact) mass is 532 g/mol. The van der Waals surface area contributed by atoms with Crippen LogP contribution in [-0.4, -0.2) is 48.6 Å². The number of nitrogens with zero attached hydrogens (tertiary/aromatic N) is 1. The van der Waals surface area contributed by atoms with Gasteiger partial charge in [-0.05, 0) is 74.4 Å². The van der Waals surface area contributed by atoms with Crippen LogP contribution < -0.4 is 10.1 Å². The molecule has 0 bridgehead atoms. The summed E-state index contributed by atoms with van der Waals surface area (Å²) in [6.07, 6.45) is 1.47. The summed E-state index contributed by atoms with van der Waals surface area (Å²) in [7, 11) is -1.39. The van der Waals surface area contributed by atoms with Gasteiger partial charge >= 0.3 is 0 Å². The topological polar surface area (TPSA) is 67.9 Å². The van der Waals surface area contributed by atoms with Gasteiger partial charge in [-0.2, -0.15) is 0 Å². The first-order valence-corrected chi connectivity index (χ1v) is 14.0. The number of hydrogen-bond acceptors (Lipinski definition) is 4. The number of carbonyl (C=O) groups excluding carboxylic acids is 1. The normalized spacial score (nSPS) is 16.6.